The molecule has 5 nitrogen and oxygen atoms in total. The van der Waals surface area contributed by atoms with Crippen molar-refractivity contribution in [3.05, 3.63) is 56.4 Å². The number of thiophene rings is 1. The lowest BCUT2D eigenvalue weighted by Gasteiger charge is -2.14. The molecule has 1 atom stereocenters. The van der Waals surface area contributed by atoms with Crippen LogP contribution in [0.15, 0.2) is 34.2 Å². The first-order chi connectivity index (χ1) is 13.5. The average Bonchev–Trinajstić information content (AvgIpc) is 3.05. The maximum atomic E-state index is 13.0. The zero-order valence-corrected chi connectivity index (χ0v) is 17.0. The molecule has 3 aromatic rings. The van der Waals surface area contributed by atoms with Crippen molar-refractivity contribution in [3.63, 3.8) is 0 Å². The van der Waals surface area contributed by atoms with Crippen molar-refractivity contribution in [2.75, 3.05) is 5.75 Å². The minimum atomic E-state index is -0.307. The van der Waals surface area contributed by atoms with Gasteiger partial charge in [-0.15, -0.1) is 11.3 Å². The second kappa shape index (κ2) is 8.05. The third-order valence-corrected chi connectivity index (χ3v) is 6.95. The molecule has 0 saturated carbocycles. The Morgan fingerprint density at radius 3 is 2.86 bits per heavy atom. The second-order valence-corrected chi connectivity index (χ2v) is 8.94. The Kier molecular flexibility index (Phi) is 5.50. The van der Waals surface area contributed by atoms with Gasteiger partial charge in [-0.3, -0.25) is 9.59 Å². The number of halogens is 1. The van der Waals surface area contributed by atoms with Crippen LogP contribution >= 0.6 is 23.1 Å². The molecule has 8 heteroatoms. The highest BCUT2D eigenvalue weighted by Crippen LogP contribution is 2.34. The summed E-state index contributed by atoms with van der Waals surface area (Å²) in [5.74, 6) is -0.334. The Hall–Kier alpha value is -2.19. The van der Waals surface area contributed by atoms with Gasteiger partial charge in [-0.25, -0.2) is 9.37 Å². The molecule has 2 aromatic heterocycles. The van der Waals surface area contributed by atoms with E-state index < -0.39 is 0 Å². The number of carbonyl (C=O) groups is 1. The number of thioether (sulfide) groups is 1. The Bertz CT molecular complexity index is 1080. The van der Waals surface area contributed by atoms with Gasteiger partial charge in [-0.05, 0) is 55.9 Å². The second-order valence-electron chi connectivity index (χ2n) is 6.89. The van der Waals surface area contributed by atoms with E-state index in [0.29, 0.717) is 5.16 Å². The molecule has 0 bridgehead atoms. The highest BCUT2D eigenvalue weighted by atomic mass is 32.2. The summed E-state index contributed by atoms with van der Waals surface area (Å²) in [4.78, 5) is 34.2. The van der Waals surface area contributed by atoms with Gasteiger partial charge in [-0.2, -0.15) is 0 Å². The average molecular weight is 418 g/mol. The van der Waals surface area contributed by atoms with E-state index in [0.717, 1.165) is 47.0 Å². The van der Waals surface area contributed by atoms with Crippen LogP contribution in [0, 0.1) is 5.82 Å². The van der Waals surface area contributed by atoms with E-state index in [1.807, 2.05) is 6.92 Å². The van der Waals surface area contributed by atoms with Crippen molar-refractivity contribution in [2.24, 2.45) is 0 Å². The first-order valence-corrected chi connectivity index (χ1v) is 11.0. The standard InChI is InChI=1S/C20H20FN3O2S2/c1-11(12-6-8-13(21)9-7-12)22-16(25)10-27-20-23-18(26)17-14-4-2-3-5-15(14)28-19(17)24-20/h6-9,11H,2-5,10H2,1H3,(H,22,25)(H,23,24,26)/t11-/m1/s1. The Morgan fingerprint density at radius 1 is 1.32 bits per heavy atom. The fourth-order valence-electron chi connectivity index (χ4n) is 3.46. The summed E-state index contributed by atoms with van der Waals surface area (Å²) >= 11 is 2.81. The molecular weight excluding hydrogens is 397 g/mol. The van der Waals surface area contributed by atoms with Gasteiger partial charge >= 0.3 is 0 Å². The molecule has 28 heavy (non-hydrogen) atoms. The number of nitrogens with zero attached hydrogens (tertiary/aromatic N) is 1. The number of fused-ring (bicyclic) bond motifs is 3. The van der Waals surface area contributed by atoms with Gasteiger partial charge in [0.05, 0.1) is 17.2 Å². The number of aromatic nitrogens is 2. The minimum absolute atomic E-state index is 0.119. The molecule has 0 spiro atoms. The van der Waals surface area contributed by atoms with E-state index in [1.165, 1.54) is 28.8 Å². The SMILES string of the molecule is C[C@@H](NC(=O)CSc1nc2sc3c(c2c(=O)[nH]1)CCCC3)c1ccc(F)cc1. The maximum Gasteiger partial charge on any atom is 0.260 e. The molecule has 4 rings (SSSR count). The van der Waals surface area contributed by atoms with Crippen LogP contribution in [0.25, 0.3) is 10.2 Å². The molecule has 1 aliphatic rings. The van der Waals surface area contributed by atoms with Gasteiger partial charge in [0.25, 0.3) is 5.56 Å². The summed E-state index contributed by atoms with van der Waals surface area (Å²) < 4.78 is 13.0. The van der Waals surface area contributed by atoms with Gasteiger partial charge in [0.1, 0.15) is 10.6 Å². The first kappa shape index (κ1) is 19.1. The van der Waals surface area contributed by atoms with Gasteiger partial charge < -0.3 is 10.3 Å². The molecule has 0 aliphatic heterocycles. The summed E-state index contributed by atoms with van der Waals surface area (Å²) in [6, 6.07) is 5.82. The number of carbonyl (C=O) groups excluding carboxylic acids is 1. The van der Waals surface area contributed by atoms with Crippen LogP contribution in [0.2, 0.25) is 0 Å². The summed E-state index contributed by atoms with van der Waals surface area (Å²) in [7, 11) is 0. The van der Waals surface area contributed by atoms with Crippen LogP contribution < -0.4 is 10.9 Å². The van der Waals surface area contributed by atoms with Crippen LogP contribution in [0.1, 0.15) is 41.8 Å². The third kappa shape index (κ3) is 3.98. The van der Waals surface area contributed by atoms with Crippen molar-refractivity contribution < 1.29 is 9.18 Å². The van der Waals surface area contributed by atoms with Crippen LogP contribution in [0.5, 0.6) is 0 Å². The lowest BCUT2D eigenvalue weighted by atomic mass is 9.97. The van der Waals surface area contributed by atoms with E-state index in [4.69, 9.17) is 0 Å². The number of rotatable bonds is 5. The summed E-state index contributed by atoms with van der Waals surface area (Å²) in [5.41, 5.74) is 1.87. The Morgan fingerprint density at radius 2 is 2.07 bits per heavy atom. The summed E-state index contributed by atoms with van der Waals surface area (Å²) in [5, 5.41) is 4.06. The van der Waals surface area contributed by atoms with E-state index in [2.05, 4.69) is 15.3 Å². The fraction of sp³-hybridized carbons (Fsp3) is 0.350. The molecule has 0 fully saturated rings. The predicted octanol–water partition coefficient (Wildman–Crippen LogP) is 3.97. The molecule has 2 heterocycles. The van der Waals surface area contributed by atoms with Crippen LogP contribution in [0.3, 0.4) is 0 Å². The zero-order chi connectivity index (χ0) is 19.7. The molecule has 0 saturated heterocycles. The number of H-pyrrole nitrogens is 1. The lowest BCUT2D eigenvalue weighted by molar-refractivity contribution is -0.119. The molecule has 146 valence electrons. The largest absolute Gasteiger partial charge is 0.349 e. The molecule has 0 unspecified atom stereocenters. The zero-order valence-electron chi connectivity index (χ0n) is 15.4. The van der Waals surface area contributed by atoms with Crippen LogP contribution in [-0.4, -0.2) is 21.6 Å². The van der Waals surface area contributed by atoms with E-state index in [-0.39, 0.29) is 29.1 Å². The number of aryl methyl sites for hydroxylation is 2. The lowest BCUT2D eigenvalue weighted by Crippen LogP contribution is -2.28. The third-order valence-electron chi connectivity index (χ3n) is 4.89. The molecule has 1 aliphatic carbocycles. The number of amides is 1. The summed E-state index contributed by atoms with van der Waals surface area (Å²) in [6.07, 6.45) is 4.23. The van der Waals surface area contributed by atoms with Gasteiger partial charge in [0.2, 0.25) is 5.91 Å². The Balaban J connectivity index is 1.43. The van der Waals surface area contributed by atoms with Crippen molar-refractivity contribution in [1.82, 2.24) is 15.3 Å². The number of hydrogen-bond acceptors (Lipinski definition) is 5. The van der Waals surface area contributed by atoms with Crippen LogP contribution in [-0.2, 0) is 17.6 Å². The highest BCUT2D eigenvalue weighted by Gasteiger charge is 2.20. The van der Waals surface area contributed by atoms with E-state index >= 15 is 0 Å². The van der Waals surface area contributed by atoms with Crippen molar-refractivity contribution in [2.45, 2.75) is 43.8 Å². The van der Waals surface area contributed by atoms with Crippen molar-refractivity contribution in [1.29, 1.82) is 0 Å². The highest BCUT2D eigenvalue weighted by molar-refractivity contribution is 7.99. The molecular formula is C20H20FN3O2S2. The van der Waals surface area contributed by atoms with Gasteiger partial charge in [0, 0.05) is 4.88 Å². The summed E-state index contributed by atoms with van der Waals surface area (Å²) in [6.45, 7) is 1.85. The number of nitrogens with one attached hydrogen (secondary N) is 2. The van der Waals surface area contributed by atoms with E-state index in [1.54, 1.807) is 23.5 Å². The molecule has 1 aromatic carbocycles. The molecule has 1 amide bonds. The van der Waals surface area contributed by atoms with Gasteiger partial charge in [-0.1, -0.05) is 23.9 Å². The maximum absolute atomic E-state index is 13.0. The topological polar surface area (TPSA) is 74.8 Å². The Labute approximate surface area is 169 Å². The molecule has 2 N–H and O–H groups in total. The smallest absolute Gasteiger partial charge is 0.260 e. The van der Waals surface area contributed by atoms with Crippen molar-refractivity contribution >= 4 is 39.2 Å². The predicted molar refractivity (Wildman–Crippen MR) is 111 cm³/mol. The quantitative estimate of drug-likeness (QED) is 0.487. The van der Waals surface area contributed by atoms with E-state index in [9.17, 15) is 14.0 Å². The number of aromatic amines is 1. The molecule has 0 radical (unpaired) electrons. The van der Waals surface area contributed by atoms with Crippen molar-refractivity contribution in [3.8, 4) is 0 Å². The minimum Gasteiger partial charge on any atom is -0.349 e. The number of hydrogen-bond donors (Lipinski definition) is 2. The normalized spacial score (nSPS) is 14.6. The van der Waals surface area contributed by atoms with Crippen LogP contribution in [0.4, 0.5) is 4.39 Å². The number of benzene rings is 1. The van der Waals surface area contributed by atoms with Gasteiger partial charge in [0.15, 0.2) is 5.16 Å². The monoisotopic (exact) mass is 417 g/mol. The fourth-order valence-corrected chi connectivity index (χ4v) is 5.46. The first-order valence-electron chi connectivity index (χ1n) is 9.23.